The van der Waals surface area contributed by atoms with Crippen LogP contribution in [0.1, 0.15) is 13.3 Å². The topological polar surface area (TPSA) is 12.0 Å². The van der Waals surface area contributed by atoms with Gasteiger partial charge < -0.3 is 0 Å². The summed E-state index contributed by atoms with van der Waals surface area (Å²) in [7, 11) is 0. The third kappa shape index (κ3) is 0.884. The summed E-state index contributed by atoms with van der Waals surface area (Å²) in [6.45, 7) is 3.44. The summed E-state index contributed by atoms with van der Waals surface area (Å²) < 4.78 is 3.19. The first-order valence-electron chi connectivity index (χ1n) is 2.28. The van der Waals surface area contributed by atoms with Gasteiger partial charge in [0.15, 0.2) is 0 Å². The predicted octanol–water partition coefficient (Wildman–Crippen LogP) is 1.02. The third-order valence-electron chi connectivity index (χ3n) is 0.937. The second-order valence-electron chi connectivity index (χ2n) is 1.61. The zero-order valence-corrected chi connectivity index (χ0v) is 4.72. The van der Waals surface area contributed by atoms with Gasteiger partial charge >= 0.3 is 0 Å². The molecular weight excluding hydrogens is 94.1 g/mol. The van der Waals surface area contributed by atoms with Crippen molar-refractivity contribution >= 4 is 11.9 Å². The van der Waals surface area contributed by atoms with Gasteiger partial charge in [-0.15, -0.1) is 0 Å². The third-order valence-corrected chi connectivity index (χ3v) is 1.95. The Kier molecular flexibility index (Phi) is 1.37. The highest BCUT2D eigenvalue weighted by atomic mass is 32.2. The minimum atomic E-state index is 0.852. The van der Waals surface area contributed by atoms with E-state index >= 15 is 0 Å². The Hall–Kier alpha value is 0.310. The maximum atomic E-state index is 3.19. The molecule has 0 aromatic rings. The lowest BCUT2D eigenvalue weighted by atomic mass is 10.3. The van der Waals surface area contributed by atoms with E-state index in [2.05, 4.69) is 11.6 Å². The molecule has 1 aliphatic rings. The van der Waals surface area contributed by atoms with Crippen molar-refractivity contribution in [1.82, 2.24) is 4.72 Å². The van der Waals surface area contributed by atoms with Crippen LogP contribution in [-0.4, -0.2) is 11.8 Å². The highest BCUT2D eigenvalue weighted by Gasteiger charge is 2.07. The maximum Gasteiger partial charge on any atom is 0.0177 e. The van der Waals surface area contributed by atoms with Gasteiger partial charge in [0, 0.05) is 11.8 Å². The number of hydrogen-bond acceptors (Lipinski definition) is 2. The normalized spacial score (nSPS) is 34.5. The van der Waals surface area contributed by atoms with Crippen molar-refractivity contribution in [3.8, 4) is 0 Å². The molecule has 1 unspecified atom stereocenters. The molecule has 0 aromatic carbocycles. The second kappa shape index (κ2) is 1.85. The van der Waals surface area contributed by atoms with Crippen LogP contribution in [0.3, 0.4) is 0 Å². The van der Waals surface area contributed by atoms with E-state index in [0.717, 1.165) is 5.25 Å². The van der Waals surface area contributed by atoms with Crippen LogP contribution < -0.4 is 4.72 Å². The van der Waals surface area contributed by atoms with Gasteiger partial charge in [-0.2, -0.15) is 0 Å². The largest absolute Gasteiger partial charge is 0.264 e. The van der Waals surface area contributed by atoms with Crippen LogP contribution in [0.15, 0.2) is 0 Å². The molecule has 0 bridgehead atoms. The summed E-state index contributed by atoms with van der Waals surface area (Å²) in [5, 5.41) is 0.852. The van der Waals surface area contributed by atoms with Crippen LogP contribution in [0.2, 0.25) is 0 Å². The van der Waals surface area contributed by atoms with Gasteiger partial charge in [-0.05, 0) is 6.42 Å². The average molecular weight is 103 g/mol. The van der Waals surface area contributed by atoms with E-state index in [1.165, 1.54) is 13.0 Å². The fourth-order valence-electron chi connectivity index (χ4n) is 0.522. The Bertz CT molecular complexity index is 40.8. The molecule has 36 valence electrons. The van der Waals surface area contributed by atoms with Crippen molar-refractivity contribution in [3.05, 3.63) is 0 Å². The summed E-state index contributed by atoms with van der Waals surface area (Å²) >= 11 is 1.85. The highest BCUT2D eigenvalue weighted by molar-refractivity contribution is 7.98. The zero-order valence-electron chi connectivity index (χ0n) is 3.90. The van der Waals surface area contributed by atoms with Crippen molar-refractivity contribution < 1.29 is 0 Å². The average Bonchev–Trinajstić information content (AvgIpc) is 1.86. The van der Waals surface area contributed by atoms with E-state index in [1.54, 1.807) is 0 Å². The number of rotatable bonds is 0. The molecule has 2 heteroatoms. The minimum Gasteiger partial charge on any atom is -0.264 e. The Labute approximate surface area is 42.6 Å². The monoisotopic (exact) mass is 103 g/mol. The van der Waals surface area contributed by atoms with Crippen LogP contribution in [-0.2, 0) is 0 Å². The smallest absolute Gasteiger partial charge is 0.0177 e. The van der Waals surface area contributed by atoms with Gasteiger partial charge in [0.1, 0.15) is 0 Å². The molecule has 6 heavy (non-hydrogen) atoms. The van der Waals surface area contributed by atoms with Gasteiger partial charge in [0.25, 0.3) is 0 Å². The summed E-state index contributed by atoms with van der Waals surface area (Å²) in [6, 6.07) is 0. The van der Waals surface area contributed by atoms with Crippen LogP contribution in [0, 0.1) is 0 Å². The van der Waals surface area contributed by atoms with E-state index in [-0.39, 0.29) is 0 Å². The number of nitrogens with one attached hydrogen (secondary N) is 1. The lowest BCUT2D eigenvalue weighted by Gasteiger charge is -1.89. The first kappa shape index (κ1) is 4.47. The fraction of sp³-hybridized carbons (Fsp3) is 1.00. The van der Waals surface area contributed by atoms with Crippen LogP contribution in [0.25, 0.3) is 0 Å². The molecule has 1 heterocycles. The maximum absolute atomic E-state index is 3.19. The van der Waals surface area contributed by atoms with Gasteiger partial charge in [0.2, 0.25) is 0 Å². The van der Waals surface area contributed by atoms with E-state index < -0.39 is 0 Å². The van der Waals surface area contributed by atoms with Gasteiger partial charge in [-0.25, -0.2) is 0 Å². The summed E-state index contributed by atoms with van der Waals surface area (Å²) in [5.74, 6) is 0. The Morgan fingerprint density at radius 1 is 1.83 bits per heavy atom. The molecule has 1 N–H and O–H groups in total. The van der Waals surface area contributed by atoms with E-state index in [1.807, 2.05) is 11.9 Å². The molecule has 0 spiro atoms. The standard InChI is InChI=1S/C4H9NS/c1-4-2-3-5-6-4/h4-5H,2-3H2,1H3. The highest BCUT2D eigenvalue weighted by Crippen LogP contribution is 2.14. The first-order chi connectivity index (χ1) is 2.89. The summed E-state index contributed by atoms with van der Waals surface area (Å²) in [6.07, 6.45) is 1.34. The molecule has 0 amide bonds. The van der Waals surface area contributed by atoms with Crippen LogP contribution in [0.5, 0.6) is 0 Å². The molecule has 1 aliphatic heterocycles. The molecule has 1 atom stereocenters. The lowest BCUT2D eigenvalue weighted by molar-refractivity contribution is 0.849. The van der Waals surface area contributed by atoms with Crippen LogP contribution in [0.4, 0.5) is 0 Å². The predicted molar refractivity (Wildman–Crippen MR) is 29.7 cm³/mol. The van der Waals surface area contributed by atoms with Crippen molar-refractivity contribution in [2.45, 2.75) is 18.6 Å². The molecular formula is C4H9NS. The zero-order chi connectivity index (χ0) is 4.41. The molecule has 0 saturated carbocycles. The van der Waals surface area contributed by atoms with E-state index in [9.17, 15) is 0 Å². The van der Waals surface area contributed by atoms with E-state index in [0.29, 0.717) is 0 Å². The summed E-state index contributed by atoms with van der Waals surface area (Å²) in [4.78, 5) is 0. The quantitative estimate of drug-likeness (QED) is 0.459. The summed E-state index contributed by atoms with van der Waals surface area (Å²) in [5.41, 5.74) is 0. The molecule has 1 rings (SSSR count). The van der Waals surface area contributed by atoms with Crippen molar-refractivity contribution in [2.24, 2.45) is 0 Å². The minimum absolute atomic E-state index is 0.852. The number of hydrogen-bond donors (Lipinski definition) is 1. The van der Waals surface area contributed by atoms with Crippen LogP contribution >= 0.6 is 11.9 Å². The molecule has 0 aromatic heterocycles. The molecule has 1 saturated heterocycles. The van der Waals surface area contributed by atoms with Gasteiger partial charge in [0.05, 0.1) is 0 Å². The fourth-order valence-corrected chi connectivity index (χ4v) is 1.28. The second-order valence-corrected chi connectivity index (χ2v) is 2.94. The molecule has 0 aliphatic carbocycles. The molecule has 1 nitrogen and oxygen atoms in total. The van der Waals surface area contributed by atoms with Gasteiger partial charge in [-0.3, -0.25) is 4.72 Å². The SMILES string of the molecule is CC1CCNS1. The Morgan fingerprint density at radius 2 is 2.67 bits per heavy atom. The first-order valence-corrected chi connectivity index (χ1v) is 3.16. The van der Waals surface area contributed by atoms with Gasteiger partial charge in [-0.1, -0.05) is 18.9 Å². The molecule has 1 fully saturated rings. The van der Waals surface area contributed by atoms with E-state index in [4.69, 9.17) is 0 Å². The lowest BCUT2D eigenvalue weighted by Crippen LogP contribution is -1.91. The molecule has 0 radical (unpaired) electrons. The van der Waals surface area contributed by atoms with Crippen molar-refractivity contribution in [2.75, 3.05) is 6.54 Å². The Balaban J connectivity index is 2.18. The Morgan fingerprint density at radius 3 is 2.83 bits per heavy atom. The van der Waals surface area contributed by atoms with Crippen molar-refractivity contribution in [1.29, 1.82) is 0 Å². The van der Waals surface area contributed by atoms with Crippen molar-refractivity contribution in [3.63, 3.8) is 0 Å².